The highest BCUT2D eigenvalue weighted by atomic mass is 16.5. The summed E-state index contributed by atoms with van der Waals surface area (Å²) in [5.74, 6) is 2.04. The molecule has 3 rings (SSSR count). The highest BCUT2D eigenvalue weighted by Crippen LogP contribution is 2.40. The lowest BCUT2D eigenvalue weighted by molar-refractivity contribution is 0.371. The van der Waals surface area contributed by atoms with Crippen LogP contribution in [-0.4, -0.2) is 20.2 Å². The van der Waals surface area contributed by atoms with Gasteiger partial charge < -0.3 is 10.1 Å². The largest absolute Gasteiger partial charge is 0.496 e. The molecular formula is C19H23NO. The standard InChI is InChI=1S/C19H23NO/c1-14-7-9-15(10-8-14)18-13-20-12-11-16(18)17-5-3-4-6-19(17)21-2/h3-10,16,18,20H,11-13H2,1-2H3. The van der Waals surface area contributed by atoms with Gasteiger partial charge in [0.1, 0.15) is 5.75 Å². The molecule has 0 amide bonds. The minimum atomic E-state index is 0.510. The van der Waals surface area contributed by atoms with E-state index in [9.17, 15) is 0 Å². The van der Waals surface area contributed by atoms with Crippen LogP contribution in [0.15, 0.2) is 48.5 Å². The van der Waals surface area contributed by atoms with E-state index in [0.717, 1.165) is 25.3 Å². The van der Waals surface area contributed by atoms with E-state index in [1.165, 1.54) is 16.7 Å². The molecule has 0 spiro atoms. The summed E-state index contributed by atoms with van der Waals surface area (Å²) in [4.78, 5) is 0. The van der Waals surface area contributed by atoms with Gasteiger partial charge in [-0.15, -0.1) is 0 Å². The lowest BCUT2D eigenvalue weighted by Crippen LogP contribution is -2.34. The first kappa shape index (κ1) is 14.2. The van der Waals surface area contributed by atoms with E-state index >= 15 is 0 Å². The van der Waals surface area contributed by atoms with E-state index in [2.05, 4.69) is 54.7 Å². The summed E-state index contributed by atoms with van der Waals surface area (Å²) < 4.78 is 5.58. The maximum absolute atomic E-state index is 5.58. The third-order valence-corrected chi connectivity index (χ3v) is 4.53. The molecule has 2 aromatic rings. The van der Waals surface area contributed by atoms with Crippen molar-refractivity contribution in [3.63, 3.8) is 0 Å². The highest BCUT2D eigenvalue weighted by molar-refractivity contribution is 5.40. The zero-order chi connectivity index (χ0) is 14.7. The molecular weight excluding hydrogens is 258 g/mol. The molecule has 2 heteroatoms. The zero-order valence-electron chi connectivity index (χ0n) is 12.8. The van der Waals surface area contributed by atoms with Crippen molar-refractivity contribution in [3.8, 4) is 5.75 Å². The second-order valence-electron chi connectivity index (χ2n) is 5.86. The molecule has 21 heavy (non-hydrogen) atoms. The van der Waals surface area contributed by atoms with Crippen LogP contribution in [0, 0.1) is 6.92 Å². The van der Waals surface area contributed by atoms with Gasteiger partial charge in [-0.05, 0) is 43.0 Å². The topological polar surface area (TPSA) is 21.3 Å². The number of aryl methyl sites for hydroxylation is 1. The molecule has 0 aromatic heterocycles. The van der Waals surface area contributed by atoms with Crippen LogP contribution in [-0.2, 0) is 0 Å². The van der Waals surface area contributed by atoms with Crippen LogP contribution in [0.4, 0.5) is 0 Å². The van der Waals surface area contributed by atoms with E-state index in [-0.39, 0.29) is 0 Å². The average molecular weight is 281 g/mol. The highest BCUT2D eigenvalue weighted by Gasteiger charge is 2.29. The first-order valence-corrected chi connectivity index (χ1v) is 7.70. The van der Waals surface area contributed by atoms with Crippen molar-refractivity contribution in [2.45, 2.75) is 25.2 Å². The monoisotopic (exact) mass is 281 g/mol. The molecule has 2 atom stereocenters. The van der Waals surface area contributed by atoms with Crippen molar-refractivity contribution in [2.24, 2.45) is 0 Å². The van der Waals surface area contributed by atoms with Crippen molar-refractivity contribution in [1.29, 1.82) is 0 Å². The number of rotatable bonds is 3. The van der Waals surface area contributed by atoms with Crippen LogP contribution in [0.3, 0.4) is 0 Å². The molecule has 1 N–H and O–H groups in total. The molecule has 0 aliphatic carbocycles. The van der Waals surface area contributed by atoms with Crippen molar-refractivity contribution < 1.29 is 4.74 Å². The SMILES string of the molecule is COc1ccccc1C1CCNCC1c1ccc(C)cc1. The fourth-order valence-electron chi connectivity index (χ4n) is 3.37. The molecule has 1 fully saturated rings. The van der Waals surface area contributed by atoms with E-state index in [0.29, 0.717) is 11.8 Å². The molecule has 1 aliphatic rings. The molecule has 1 heterocycles. The molecule has 0 radical (unpaired) electrons. The van der Waals surface area contributed by atoms with Crippen LogP contribution >= 0.6 is 0 Å². The fraction of sp³-hybridized carbons (Fsp3) is 0.368. The Morgan fingerprint density at radius 3 is 2.52 bits per heavy atom. The third kappa shape index (κ3) is 2.96. The second kappa shape index (κ2) is 6.31. The van der Waals surface area contributed by atoms with E-state index < -0.39 is 0 Å². The van der Waals surface area contributed by atoms with Crippen LogP contribution in [0.1, 0.15) is 34.9 Å². The van der Waals surface area contributed by atoms with Crippen LogP contribution in [0.25, 0.3) is 0 Å². The summed E-state index contributed by atoms with van der Waals surface area (Å²) in [6, 6.07) is 17.4. The van der Waals surface area contributed by atoms with Gasteiger partial charge in [0.25, 0.3) is 0 Å². The van der Waals surface area contributed by atoms with Crippen molar-refractivity contribution >= 4 is 0 Å². The summed E-state index contributed by atoms with van der Waals surface area (Å²) in [6.45, 7) is 4.25. The first-order chi connectivity index (χ1) is 10.3. The number of benzene rings is 2. The fourth-order valence-corrected chi connectivity index (χ4v) is 3.37. The zero-order valence-corrected chi connectivity index (χ0v) is 12.8. The van der Waals surface area contributed by atoms with Crippen LogP contribution in [0.2, 0.25) is 0 Å². The molecule has 0 saturated carbocycles. The first-order valence-electron chi connectivity index (χ1n) is 7.70. The predicted octanol–water partition coefficient (Wildman–Crippen LogP) is 3.86. The van der Waals surface area contributed by atoms with Gasteiger partial charge in [0.05, 0.1) is 7.11 Å². The third-order valence-electron chi connectivity index (χ3n) is 4.53. The van der Waals surface area contributed by atoms with Gasteiger partial charge in [-0.2, -0.15) is 0 Å². The summed E-state index contributed by atoms with van der Waals surface area (Å²) >= 11 is 0. The number of piperidine rings is 1. The van der Waals surface area contributed by atoms with Gasteiger partial charge in [0, 0.05) is 12.5 Å². The minimum absolute atomic E-state index is 0.510. The molecule has 110 valence electrons. The average Bonchev–Trinajstić information content (AvgIpc) is 2.55. The Kier molecular flexibility index (Phi) is 4.26. The molecule has 1 saturated heterocycles. The number of ether oxygens (including phenoxy) is 1. The summed E-state index contributed by atoms with van der Waals surface area (Å²) in [5, 5.41) is 3.54. The Hall–Kier alpha value is -1.80. The number of para-hydroxylation sites is 1. The van der Waals surface area contributed by atoms with Crippen LogP contribution < -0.4 is 10.1 Å². The lowest BCUT2D eigenvalue weighted by Gasteiger charge is -2.33. The number of hydrogen-bond acceptors (Lipinski definition) is 2. The number of hydrogen-bond donors (Lipinski definition) is 1. The van der Waals surface area contributed by atoms with Gasteiger partial charge in [0.15, 0.2) is 0 Å². The maximum Gasteiger partial charge on any atom is 0.122 e. The van der Waals surface area contributed by atoms with Gasteiger partial charge >= 0.3 is 0 Å². The minimum Gasteiger partial charge on any atom is -0.496 e. The van der Waals surface area contributed by atoms with Crippen molar-refractivity contribution in [3.05, 3.63) is 65.2 Å². The van der Waals surface area contributed by atoms with Crippen molar-refractivity contribution in [1.82, 2.24) is 5.32 Å². The van der Waals surface area contributed by atoms with Gasteiger partial charge in [-0.1, -0.05) is 48.0 Å². The Morgan fingerprint density at radius 2 is 1.76 bits per heavy atom. The maximum atomic E-state index is 5.58. The summed E-state index contributed by atoms with van der Waals surface area (Å²) in [5.41, 5.74) is 4.08. The van der Waals surface area contributed by atoms with E-state index in [1.807, 2.05) is 6.07 Å². The normalized spacial score (nSPS) is 22.0. The van der Waals surface area contributed by atoms with Crippen molar-refractivity contribution in [2.75, 3.05) is 20.2 Å². The molecule has 2 unspecified atom stereocenters. The summed E-state index contributed by atoms with van der Waals surface area (Å²) in [6.07, 6.45) is 1.15. The Bertz CT molecular complexity index is 591. The molecule has 2 nitrogen and oxygen atoms in total. The quantitative estimate of drug-likeness (QED) is 0.922. The van der Waals surface area contributed by atoms with Gasteiger partial charge in [-0.25, -0.2) is 0 Å². The Labute approximate surface area is 127 Å². The van der Waals surface area contributed by atoms with Gasteiger partial charge in [0.2, 0.25) is 0 Å². The number of methoxy groups -OCH3 is 1. The Morgan fingerprint density at radius 1 is 1.00 bits per heavy atom. The van der Waals surface area contributed by atoms with Gasteiger partial charge in [-0.3, -0.25) is 0 Å². The van der Waals surface area contributed by atoms with E-state index in [4.69, 9.17) is 4.74 Å². The predicted molar refractivity (Wildman–Crippen MR) is 87.1 cm³/mol. The summed E-state index contributed by atoms with van der Waals surface area (Å²) in [7, 11) is 1.76. The molecule has 1 aliphatic heterocycles. The molecule has 2 aromatic carbocycles. The second-order valence-corrected chi connectivity index (χ2v) is 5.86. The molecule has 0 bridgehead atoms. The van der Waals surface area contributed by atoms with E-state index in [1.54, 1.807) is 7.11 Å². The Balaban J connectivity index is 1.96. The smallest absolute Gasteiger partial charge is 0.122 e. The number of nitrogens with one attached hydrogen (secondary N) is 1. The lowest BCUT2D eigenvalue weighted by atomic mass is 9.77. The van der Waals surface area contributed by atoms with Crippen LogP contribution in [0.5, 0.6) is 5.75 Å².